The van der Waals surface area contributed by atoms with Crippen LogP contribution in [0.15, 0.2) is 24.3 Å². The second-order valence-corrected chi connectivity index (χ2v) is 5.34. The number of aryl methyl sites for hydroxylation is 2. The van der Waals surface area contributed by atoms with Gasteiger partial charge in [0.2, 0.25) is 0 Å². The zero-order chi connectivity index (χ0) is 16.3. The van der Waals surface area contributed by atoms with Gasteiger partial charge in [-0.15, -0.1) is 0 Å². The molecule has 0 fully saturated rings. The van der Waals surface area contributed by atoms with E-state index in [4.69, 9.17) is 27.9 Å². The van der Waals surface area contributed by atoms with Crippen molar-refractivity contribution in [2.45, 2.75) is 13.8 Å². The molecule has 0 bridgehead atoms. The molecule has 1 heterocycles. The van der Waals surface area contributed by atoms with Gasteiger partial charge in [0, 0.05) is 5.69 Å². The van der Waals surface area contributed by atoms with E-state index in [-0.39, 0.29) is 22.4 Å². The lowest BCUT2D eigenvalue weighted by Gasteiger charge is -2.13. The summed E-state index contributed by atoms with van der Waals surface area (Å²) >= 11 is 12.2. The lowest BCUT2D eigenvalue weighted by molar-refractivity contribution is -0.118. The van der Waals surface area contributed by atoms with Crippen LogP contribution in [0.3, 0.4) is 0 Å². The van der Waals surface area contributed by atoms with E-state index in [0.29, 0.717) is 17.1 Å². The van der Waals surface area contributed by atoms with Gasteiger partial charge in [-0.3, -0.25) is 9.78 Å². The molecule has 0 aliphatic carbocycles. The molecule has 0 atom stereocenters. The maximum atomic E-state index is 13.0. The number of nitrogens with zero attached hydrogens (tertiary/aromatic N) is 1. The summed E-state index contributed by atoms with van der Waals surface area (Å²) < 4.78 is 18.4. The van der Waals surface area contributed by atoms with E-state index >= 15 is 0 Å². The fraction of sp³-hybridized carbons (Fsp3) is 0.200. The normalized spacial score (nSPS) is 10.4. The molecule has 2 rings (SSSR count). The van der Waals surface area contributed by atoms with E-state index in [2.05, 4.69) is 10.3 Å². The number of ether oxygens (including phenoxy) is 1. The molecule has 0 aliphatic rings. The molecule has 0 saturated heterocycles. The standard InChI is InChI=1S/C15H13Cl2FN2O2/c1-8-13(16)15(14(17)9(2)19-8)22-7-12(21)20-11-5-3-4-10(18)6-11/h3-6H,7H2,1-2H3,(H,20,21). The third-order valence-corrected chi connectivity index (χ3v) is 3.72. The minimum absolute atomic E-state index is 0.211. The molecule has 1 amide bonds. The molecule has 0 aliphatic heterocycles. The van der Waals surface area contributed by atoms with Crippen molar-refractivity contribution in [3.8, 4) is 5.75 Å². The molecule has 1 N–H and O–H groups in total. The van der Waals surface area contributed by atoms with Crippen molar-refractivity contribution < 1.29 is 13.9 Å². The summed E-state index contributed by atoms with van der Waals surface area (Å²) in [7, 11) is 0. The van der Waals surface area contributed by atoms with Crippen molar-refractivity contribution in [2.24, 2.45) is 0 Å². The Labute approximate surface area is 137 Å². The summed E-state index contributed by atoms with van der Waals surface area (Å²) in [6.07, 6.45) is 0. The first-order chi connectivity index (χ1) is 10.4. The van der Waals surface area contributed by atoms with Crippen LogP contribution in [0.4, 0.5) is 10.1 Å². The molecule has 2 aromatic rings. The molecule has 4 nitrogen and oxygen atoms in total. The molecule has 7 heteroatoms. The SMILES string of the molecule is Cc1nc(C)c(Cl)c(OCC(=O)Nc2cccc(F)c2)c1Cl. The summed E-state index contributed by atoms with van der Waals surface area (Å²) in [5, 5.41) is 3.03. The molecule has 0 unspecified atom stereocenters. The van der Waals surface area contributed by atoms with Gasteiger partial charge in [-0.05, 0) is 32.0 Å². The summed E-state index contributed by atoms with van der Waals surface area (Å²) in [5.41, 5.74) is 1.46. The van der Waals surface area contributed by atoms with E-state index in [1.54, 1.807) is 19.9 Å². The topological polar surface area (TPSA) is 51.2 Å². The van der Waals surface area contributed by atoms with Crippen LogP contribution in [-0.4, -0.2) is 17.5 Å². The summed E-state index contributed by atoms with van der Waals surface area (Å²) in [5.74, 6) is -0.683. The molecule has 0 radical (unpaired) electrons. The highest BCUT2D eigenvalue weighted by Gasteiger charge is 2.16. The number of halogens is 3. The second kappa shape index (κ2) is 6.94. The van der Waals surface area contributed by atoms with Gasteiger partial charge in [-0.25, -0.2) is 4.39 Å². The van der Waals surface area contributed by atoms with Gasteiger partial charge in [-0.1, -0.05) is 29.3 Å². The lowest BCUT2D eigenvalue weighted by Crippen LogP contribution is -2.20. The highest BCUT2D eigenvalue weighted by atomic mass is 35.5. The minimum Gasteiger partial charge on any atom is -0.480 e. The monoisotopic (exact) mass is 342 g/mol. The first kappa shape index (κ1) is 16.5. The van der Waals surface area contributed by atoms with Gasteiger partial charge in [0.05, 0.1) is 11.4 Å². The third kappa shape index (κ3) is 3.87. The number of hydrogen-bond donors (Lipinski definition) is 1. The predicted octanol–water partition coefficient (Wildman–Crippen LogP) is 4.16. The highest BCUT2D eigenvalue weighted by molar-refractivity contribution is 6.37. The Balaban J connectivity index is 2.06. The molecule has 1 aromatic carbocycles. The molecular weight excluding hydrogens is 330 g/mol. The van der Waals surface area contributed by atoms with Crippen molar-refractivity contribution in [3.63, 3.8) is 0 Å². The second-order valence-electron chi connectivity index (χ2n) is 4.59. The first-order valence-corrected chi connectivity index (χ1v) is 7.14. The number of pyridine rings is 1. The average Bonchev–Trinajstić information content (AvgIpc) is 2.45. The number of benzene rings is 1. The highest BCUT2D eigenvalue weighted by Crippen LogP contribution is 2.36. The number of anilines is 1. The first-order valence-electron chi connectivity index (χ1n) is 6.39. The predicted molar refractivity (Wildman–Crippen MR) is 84.3 cm³/mol. The number of amides is 1. The van der Waals surface area contributed by atoms with E-state index < -0.39 is 11.7 Å². The fourth-order valence-corrected chi connectivity index (χ4v) is 2.23. The van der Waals surface area contributed by atoms with Gasteiger partial charge < -0.3 is 10.1 Å². The summed E-state index contributed by atoms with van der Waals surface area (Å²) in [6.45, 7) is 3.12. The van der Waals surface area contributed by atoms with Gasteiger partial charge >= 0.3 is 0 Å². The molecule has 116 valence electrons. The molecular formula is C15H13Cl2FN2O2. The molecule has 22 heavy (non-hydrogen) atoms. The zero-order valence-corrected chi connectivity index (χ0v) is 13.4. The van der Waals surface area contributed by atoms with Crippen LogP contribution in [0.2, 0.25) is 10.0 Å². The van der Waals surface area contributed by atoms with Crippen LogP contribution in [-0.2, 0) is 4.79 Å². The van der Waals surface area contributed by atoms with Gasteiger partial charge in [-0.2, -0.15) is 0 Å². The molecule has 0 saturated carbocycles. The van der Waals surface area contributed by atoms with Crippen molar-refractivity contribution in [1.82, 2.24) is 4.98 Å². The van der Waals surface area contributed by atoms with Crippen molar-refractivity contribution in [2.75, 3.05) is 11.9 Å². The minimum atomic E-state index is -0.454. The lowest BCUT2D eigenvalue weighted by atomic mass is 10.3. The Kier molecular flexibility index (Phi) is 5.21. The quantitative estimate of drug-likeness (QED) is 0.907. The maximum Gasteiger partial charge on any atom is 0.262 e. The van der Waals surface area contributed by atoms with Gasteiger partial charge in [0.25, 0.3) is 5.91 Å². The molecule has 0 spiro atoms. The Morgan fingerprint density at radius 2 is 1.91 bits per heavy atom. The smallest absolute Gasteiger partial charge is 0.262 e. The van der Waals surface area contributed by atoms with E-state index in [1.807, 2.05) is 0 Å². The van der Waals surface area contributed by atoms with E-state index in [0.717, 1.165) is 0 Å². The number of nitrogens with one attached hydrogen (secondary N) is 1. The van der Waals surface area contributed by atoms with Crippen LogP contribution in [0, 0.1) is 19.7 Å². The number of carbonyl (C=O) groups is 1. The van der Waals surface area contributed by atoms with E-state index in [1.165, 1.54) is 18.2 Å². The van der Waals surface area contributed by atoms with Crippen LogP contribution in [0.5, 0.6) is 5.75 Å². The number of rotatable bonds is 4. The summed E-state index contributed by atoms with van der Waals surface area (Å²) in [4.78, 5) is 16.0. The van der Waals surface area contributed by atoms with Gasteiger partial charge in [0.1, 0.15) is 15.9 Å². The Morgan fingerprint density at radius 3 is 2.50 bits per heavy atom. The fourth-order valence-electron chi connectivity index (χ4n) is 1.80. The van der Waals surface area contributed by atoms with Crippen LogP contribution in [0.1, 0.15) is 11.4 Å². The van der Waals surface area contributed by atoms with Crippen molar-refractivity contribution in [3.05, 3.63) is 51.5 Å². The Hall–Kier alpha value is -1.85. The largest absolute Gasteiger partial charge is 0.480 e. The van der Waals surface area contributed by atoms with Crippen LogP contribution < -0.4 is 10.1 Å². The molecule has 1 aromatic heterocycles. The number of carbonyl (C=O) groups excluding carboxylic acids is 1. The van der Waals surface area contributed by atoms with E-state index in [9.17, 15) is 9.18 Å². The number of hydrogen-bond acceptors (Lipinski definition) is 3. The van der Waals surface area contributed by atoms with Crippen LogP contribution >= 0.6 is 23.2 Å². The average molecular weight is 343 g/mol. The Morgan fingerprint density at radius 1 is 1.27 bits per heavy atom. The number of aromatic nitrogens is 1. The van der Waals surface area contributed by atoms with Crippen LogP contribution in [0.25, 0.3) is 0 Å². The maximum absolute atomic E-state index is 13.0. The third-order valence-electron chi connectivity index (χ3n) is 2.83. The van der Waals surface area contributed by atoms with Crippen molar-refractivity contribution >= 4 is 34.8 Å². The Bertz CT molecular complexity index is 697. The zero-order valence-electron chi connectivity index (χ0n) is 11.9. The summed E-state index contributed by atoms with van der Waals surface area (Å²) in [6, 6.07) is 5.56. The van der Waals surface area contributed by atoms with Crippen molar-refractivity contribution in [1.29, 1.82) is 0 Å². The van der Waals surface area contributed by atoms with Gasteiger partial charge in [0.15, 0.2) is 12.4 Å².